The first kappa shape index (κ1) is 18.9. The third kappa shape index (κ3) is 4.47. The van der Waals surface area contributed by atoms with E-state index in [0.717, 1.165) is 23.7 Å². The Labute approximate surface area is 158 Å². The molecule has 6 nitrogen and oxygen atoms in total. The topological polar surface area (TPSA) is 67.4 Å². The van der Waals surface area contributed by atoms with Gasteiger partial charge in [0.2, 0.25) is 11.0 Å². The molecule has 1 aromatic carbocycles. The number of hydrogen-bond donors (Lipinski definition) is 1. The molecule has 3 rings (SSSR count). The molecule has 2 aromatic rings. The van der Waals surface area contributed by atoms with Crippen LogP contribution < -0.4 is 5.32 Å². The lowest BCUT2D eigenvalue weighted by molar-refractivity contribution is -0.130. The second kappa shape index (κ2) is 8.24. The average molecular weight is 375 g/mol. The second-order valence-electron chi connectivity index (χ2n) is 7.17. The number of rotatable bonds is 5. The molecule has 0 spiro atoms. The molecule has 0 aliphatic carbocycles. The smallest absolute Gasteiger partial charge is 0.243 e. The minimum atomic E-state index is -0.215. The Morgan fingerprint density at radius 1 is 1.19 bits per heavy atom. The molecule has 0 radical (unpaired) electrons. The van der Waals surface area contributed by atoms with E-state index >= 15 is 0 Å². The summed E-state index contributed by atoms with van der Waals surface area (Å²) in [6.07, 6.45) is 0.248. The lowest BCUT2D eigenvalue weighted by Gasteiger charge is -2.40. The highest BCUT2D eigenvalue weighted by molar-refractivity contribution is 7.18. The zero-order chi connectivity index (χ0) is 18.7. The van der Waals surface area contributed by atoms with Gasteiger partial charge in [-0.2, -0.15) is 0 Å². The van der Waals surface area contributed by atoms with Gasteiger partial charge in [-0.25, -0.2) is 0 Å². The molecular formula is C19H26N4O2S. The molecule has 1 aliphatic rings. The van der Waals surface area contributed by atoms with E-state index in [4.69, 9.17) is 4.74 Å². The average Bonchev–Trinajstić information content (AvgIpc) is 3.03. The summed E-state index contributed by atoms with van der Waals surface area (Å²) in [5.41, 5.74) is 1.00. The molecule has 1 N–H and O–H groups in total. The van der Waals surface area contributed by atoms with Crippen LogP contribution in [0.3, 0.4) is 0 Å². The first-order chi connectivity index (χ1) is 12.4. The Balaban J connectivity index is 1.72. The number of nitrogens with zero attached hydrogens (tertiary/aromatic N) is 3. The molecule has 3 atom stereocenters. The van der Waals surface area contributed by atoms with E-state index in [2.05, 4.69) is 48.1 Å². The van der Waals surface area contributed by atoms with Crippen molar-refractivity contribution in [1.82, 2.24) is 15.1 Å². The van der Waals surface area contributed by atoms with Gasteiger partial charge in [-0.1, -0.05) is 55.5 Å². The quantitative estimate of drug-likeness (QED) is 0.870. The Morgan fingerprint density at radius 3 is 2.46 bits per heavy atom. The van der Waals surface area contributed by atoms with E-state index in [1.807, 2.05) is 30.3 Å². The van der Waals surface area contributed by atoms with Gasteiger partial charge in [0.05, 0.1) is 18.2 Å². The fourth-order valence-corrected chi connectivity index (χ4v) is 4.24. The summed E-state index contributed by atoms with van der Waals surface area (Å²) in [6.45, 7) is 9.76. The van der Waals surface area contributed by atoms with Crippen molar-refractivity contribution in [3.8, 4) is 10.6 Å². The normalized spacial score (nSPS) is 22.3. The number of anilines is 1. The Bertz CT molecular complexity index is 724. The number of ether oxygens (including phenoxy) is 1. The zero-order valence-electron chi connectivity index (χ0n) is 15.7. The molecule has 1 saturated heterocycles. The first-order valence-corrected chi connectivity index (χ1v) is 9.85. The highest BCUT2D eigenvalue weighted by Crippen LogP contribution is 2.27. The minimum Gasteiger partial charge on any atom is -0.373 e. The zero-order valence-corrected chi connectivity index (χ0v) is 16.5. The lowest BCUT2D eigenvalue weighted by atomic mass is 10.00. The summed E-state index contributed by atoms with van der Waals surface area (Å²) < 4.78 is 5.80. The largest absolute Gasteiger partial charge is 0.373 e. The van der Waals surface area contributed by atoms with Crippen molar-refractivity contribution in [2.75, 3.05) is 18.4 Å². The van der Waals surface area contributed by atoms with E-state index < -0.39 is 0 Å². The summed E-state index contributed by atoms with van der Waals surface area (Å²) in [5, 5.41) is 12.6. The number of carbonyl (C=O) groups excluding carboxylic acids is 1. The van der Waals surface area contributed by atoms with Crippen LogP contribution in [0.5, 0.6) is 0 Å². The Kier molecular flexibility index (Phi) is 6.01. The molecule has 3 unspecified atom stereocenters. The fourth-order valence-electron chi connectivity index (χ4n) is 3.49. The third-order valence-corrected chi connectivity index (χ3v) is 5.30. The lowest BCUT2D eigenvalue weighted by Crippen LogP contribution is -2.55. The highest BCUT2D eigenvalue weighted by Gasteiger charge is 2.34. The first-order valence-electron chi connectivity index (χ1n) is 9.03. The molecule has 1 amide bonds. The van der Waals surface area contributed by atoms with E-state index in [9.17, 15) is 4.79 Å². The summed E-state index contributed by atoms with van der Waals surface area (Å²) >= 11 is 1.39. The number of nitrogens with one attached hydrogen (secondary N) is 1. The van der Waals surface area contributed by atoms with E-state index in [-0.39, 0.29) is 30.1 Å². The monoisotopic (exact) mass is 374 g/mol. The van der Waals surface area contributed by atoms with Crippen molar-refractivity contribution in [2.45, 2.75) is 45.9 Å². The summed E-state index contributed by atoms with van der Waals surface area (Å²) in [7, 11) is 0. The molecule has 0 bridgehead atoms. The maximum atomic E-state index is 13.0. The molecule has 1 aromatic heterocycles. The fraction of sp³-hybridized carbons (Fsp3) is 0.526. The van der Waals surface area contributed by atoms with Gasteiger partial charge in [-0.3, -0.25) is 15.0 Å². The Morgan fingerprint density at radius 2 is 1.85 bits per heavy atom. The molecule has 0 saturated carbocycles. The molecule has 7 heteroatoms. The number of aromatic nitrogens is 2. The van der Waals surface area contributed by atoms with E-state index in [1.165, 1.54) is 11.3 Å². The number of benzene rings is 1. The maximum absolute atomic E-state index is 13.0. The standard InChI is InChI=1S/C19H26N4O2S/c1-12(2)16(23-10-13(3)25-14(4)11-23)17(24)20-19-22-21-18(26-19)15-8-6-5-7-9-15/h5-9,12-14,16H,10-11H2,1-4H3,(H,20,22,24). The molecule has 1 fully saturated rings. The number of carbonyl (C=O) groups is 1. The van der Waals surface area contributed by atoms with Crippen LogP contribution >= 0.6 is 11.3 Å². The maximum Gasteiger partial charge on any atom is 0.243 e. The van der Waals surface area contributed by atoms with Crippen molar-refractivity contribution < 1.29 is 9.53 Å². The van der Waals surface area contributed by atoms with Gasteiger partial charge >= 0.3 is 0 Å². The summed E-state index contributed by atoms with van der Waals surface area (Å²) in [4.78, 5) is 15.2. The van der Waals surface area contributed by atoms with E-state index in [0.29, 0.717) is 5.13 Å². The van der Waals surface area contributed by atoms with Crippen LogP contribution in [0.2, 0.25) is 0 Å². The molecule has 26 heavy (non-hydrogen) atoms. The molecule has 1 aliphatic heterocycles. The van der Waals surface area contributed by atoms with Crippen molar-refractivity contribution in [1.29, 1.82) is 0 Å². The number of morpholine rings is 1. The highest BCUT2D eigenvalue weighted by atomic mass is 32.1. The van der Waals surface area contributed by atoms with Crippen LogP contribution in [0, 0.1) is 5.92 Å². The minimum absolute atomic E-state index is 0.0305. The van der Waals surface area contributed by atoms with Crippen LogP contribution in [0.15, 0.2) is 30.3 Å². The van der Waals surface area contributed by atoms with Crippen molar-refractivity contribution in [2.24, 2.45) is 5.92 Å². The SMILES string of the molecule is CC1CN(C(C(=O)Nc2nnc(-c3ccccc3)s2)C(C)C)CC(C)O1. The van der Waals surface area contributed by atoms with Crippen LogP contribution in [0.25, 0.3) is 10.6 Å². The third-order valence-electron chi connectivity index (χ3n) is 4.42. The molecular weight excluding hydrogens is 348 g/mol. The number of amides is 1. The van der Waals surface area contributed by atoms with Crippen LogP contribution in [0.4, 0.5) is 5.13 Å². The van der Waals surface area contributed by atoms with Gasteiger partial charge < -0.3 is 4.74 Å². The predicted octanol–water partition coefficient (Wildman–Crippen LogP) is 3.28. The van der Waals surface area contributed by atoms with Crippen molar-refractivity contribution >= 4 is 22.4 Å². The van der Waals surface area contributed by atoms with Gasteiger partial charge in [0.25, 0.3) is 0 Å². The van der Waals surface area contributed by atoms with Gasteiger partial charge in [0, 0.05) is 18.7 Å². The Hall–Kier alpha value is -1.83. The van der Waals surface area contributed by atoms with Gasteiger partial charge in [0.15, 0.2) is 0 Å². The van der Waals surface area contributed by atoms with E-state index in [1.54, 1.807) is 0 Å². The second-order valence-corrected chi connectivity index (χ2v) is 8.15. The van der Waals surface area contributed by atoms with Gasteiger partial charge in [-0.15, -0.1) is 10.2 Å². The molecule has 140 valence electrons. The van der Waals surface area contributed by atoms with Crippen molar-refractivity contribution in [3.05, 3.63) is 30.3 Å². The van der Waals surface area contributed by atoms with Gasteiger partial charge in [-0.05, 0) is 19.8 Å². The summed E-state index contributed by atoms with van der Waals surface area (Å²) in [6, 6.07) is 9.65. The predicted molar refractivity (Wildman–Crippen MR) is 104 cm³/mol. The van der Waals surface area contributed by atoms with Crippen LogP contribution in [-0.2, 0) is 9.53 Å². The van der Waals surface area contributed by atoms with Gasteiger partial charge in [0.1, 0.15) is 5.01 Å². The number of hydrogen-bond acceptors (Lipinski definition) is 6. The van der Waals surface area contributed by atoms with Crippen molar-refractivity contribution in [3.63, 3.8) is 0 Å². The van der Waals surface area contributed by atoms with Crippen LogP contribution in [0.1, 0.15) is 27.7 Å². The van der Waals surface area contributed by atoms with Crippen LogP contribution in [-0.4, -0.2) is 52.3 Å². The summed E-state index contributed by atoms with van der Waals surface area (Å²) in [5.74, 6) is 0.158. The molecule has 2 heterocycles.